The third kappa shape index (κ3) is 5.22. The van der Waals surface area contributed by atoms with Crippen LogP contribution >= 0.6 is 24.0 Å². The first-order chi connectivity index (χ1) is 12.4. The summed E-state index contributed by atoms with van der Waals surface area (Å²) in [4.78, 5) is 12.7. The Labute approximate surface area is 169 Å². The zero-order valence-corrected chi connectivity index (χ0v) is 17.1. The lowest BCUT2D eigenvalue weighted by atomic mass is 9.90. The number of benzene rings is 1. The van der Waals surface area contributed by atoms with Crippen LogP contribution in [0.5, 0.6) is 0 Å². The molecule has 3 rings (SSSR count). The molecule has 0 aliphatic carbocycles. The molecule has 0 bridgehead atoms. The van der Waals surface area contributed by atoms with Crippen molar-refractivity contribution < 1.29 is 13.2 Å². The van der Waals surface area contributed by atoms with Gasteiger partial charge in [-0.05, 0) is 29.8 Å². The van der Waals surface area contributed by atoms with E-state index in [2.05, 4.69) is 15.7 Å². The van der Waals surface area contributed by atoms with E-state index < -0.39 is 9.84 Å². The van der Waals surface area contributed by atoms with Crippen molar-refractivity contribution in [2.45, 2.75) is 10.8 Å². The standard InChI is InChI=1S/C17H21ClN4O3S.ClH/c1-22-11-12(8-21-22)15-9-19-10-16(15)17(23)20-6-7-26(24,25)14-4-2-13(18)3-5-14;/h2-5,8,11,15-16,19H,6-7,9-10H2,1H3,(H,20,23);1H/t15-,16+;/m1./s1. The molecule has 148 valence electrons. The first-order valence-electron chi connectivity index (χ1n) is 8.32. The molecule has 27 heavy (non-hydrogen) atoms. The van der Waals surface area contributed by atoms with Crippen molar-refractivity contribution in [2.24, 2.45) is 13.0 Å². The van der Waals surface area contributed by atoms with Gasteiger partial charge in [0.1, 0.15) is 0 Å². The lowest BCUT2D eigenvalue weighted by Crippen LogP contribution is -2.37. The SMILES string of the molecule is Cl.Cn1cc([C@H]2CNC[C@@H]2C(=O)NCCS(=O)(=O)c2ccc(Cl)cc2)cn1. The molecular weight excluding hydrogens is 411 g/mol. The summed E-state index contributed by atoms with van der Waals surface area (Å²) in [6.45, 7) is 1.34. The molecule has 10 heteroatoms. The summed E-state index contributed by atoms with van der Waals surface area (Å²) < 4.78 is 26.3. The minimum absolute atomic E-state index is 0. The third-order valence-corrected chi connectivity index (χ3v) is 6.53. The average molecular weight is 433 g/mol. The summed E-state index contributed by atoms with van der Waals surface area (Å²) in [6.07, 6.45) is 3.67. The molecule has 1 fully saturated rings. The molecule has 1 aliphatic rings. The number of aryl methyl sites for hydroxylation is 1. The molecule has 2 N–H and O–H groups in total. The number of aromatic nitrogens is 2. The van der Waals surface area contributed by atoms with Crippen molar-refractivity contribution >= 4 is 39.8 Å². The van der Waals surface area contributed by atoms with E-state index in [1.54, 1.807) is 10.9 Å². The van der Waals surface area contributed by atoms with Gasteiger partial charge in [-0.25, -0.2) is 8.42 Å². The molecule has 1 saturated heterocycles. The average Bonchev–Trinajstić information content (AvgIpc) is 3.23. The number of amides is 1. The number of carbonyl (C=O) groups excluding carboxylic acids is 1. The fourth-order valence-electron chi connectivity index (χ4n) is 3.14. The second kappa shape index (κ2) is 9.05. The zero-order valence-electron chi connectivity index (χ0n) is 14.8. The Bertz CT molecular complexity index is 884. The molecule has 0 spiro atoms. The molecular formula is C17H22Cl2N4O3S. The fraction of sp³-hybridized carbons (Fsp3) is 0.412. The molecule has 1 aliphatic heterocycles. The highest BCUT2D eigenvalue weighted by atomic mass is 35.5. The maximum atomic E-state index is 12.5. The highest BCUT2D eigenvalue weighted by molar-refractivity contribution is 7.91. The van der Waals surface area contributed by atoms with Crippen LogP contribution in [0.3, 0.4) is 0 Å². The van der Waals surface area contributed by atoms with Crippen molar-refractivity contribution in [3.8, 4) is 0 Å². The molecule has 0 radical (unpaired) electrons. The largest absolute Gasteiger partial charge is 0.355 e. The van der Waals surface area contributed by atoms with E-state index >= 15 is 0 Å². The van der Waals surface area contributed by atoms with E-state index in [1.807, 2.05) is 13.2 Å². The Balaban J connectivity index is 0.00000261. The Morgan fingerprint density at radius 1 is 1.33 bits per heavy atom. The van der Waals surface area contributed by atoms with Gasteiger partial charge in [0.25, 0.3) is 0 Å². The van der Waals surface area contributed by atoms with E-state index in [9.17, 15) is 13.2 Å². The van der Waals surface area contributed by atoms with Gasteiger partial charge in [-0.2, -0.15) is 5.10 Å². The summed E-state index contributed by atoms with van der Waals surface area (Å²) in [5, 5.41) is 10.6. The van der Waals surface area contributed by atoms with E-state index in [0.29, 0.717) is 18.1 Å². The Hall–Kier alpha value is -1.61. The number of carbonyl (C=O) groups is 1. The first-order valence-corrected chi connectivity index (χ1v) is 10.3. The minimum Gasteiger partial charge on any atom is -0.355 e. The van der Waals surface area contributed by atoms with Gasteiger partial charge in [0.05, 0.1) is 22.8 Å². The number of rotatable bonds is 6. The Morgan fingerprint density at radius 3 is 2.67 bits per heavy atom. The van der Waals surface area contributed by atoms with Crippen molar-refractivity contribution in [2.75, 3.05) is 25.4 Å². The maximum absolute atomic E-state index is 12.5. The van der Waals surface area contributed by atoms with Gasteiger partial charge in [-0.1, -0.05) is 11.6 Å². The third-order valence-electron chi connectivity index (χ3n) is 4.55. The van der Waals surface area contributed by atoms with E-state index in [0.717, 1.165) is 5.56 Å². The summed E-state index contributed by atoms with van der Waals surface area (Å²) in [6, 6.07) is 6.02. The van der Waals surface area contributed by atoms with Gasteiger partial charge >= 0.3 is 0 Å². The Kier molecular flexibility index (Phi) is 7.27. The van der Waals surface area contributed by atoms with Crippen LogP contribution < -0.4 is 10.6 Å². The van der Waals surface area contributed by atoms with Crippen LogP contribution in [-0.4, -0.2) is 49.5 Å². The highest BCUT2D eigenvalue weighted by Crippen LogP contribution is 2.27. The van der Waals surface area contributed by atoms with Crippen LogP contribution in [0.4, 0.5) is 0 Å². The van der Waals surface area contributed by atoms with E-state index in [4.69, 9.17) is 11.6 Å². The van der Waals surface area contributed by atoms with Crippen LogP contribution in [0.25, 0.3) is 0 Å². The zero-order chi connectivity index (χ0) is 18.7. The van der Waals surface area contributed by atoms with Gasteiger partial charge in [-0.15, -0.1) is 12.4 Å². The topological polar surface area (TPSA) is 93.1 Å². The first kappa shape index (κ1) is 21.7. The van der Waals surface area contributed by atoms with Gasteiger partial charge in [0.2, 0.25) is 5.91 Å². The number of halogens is 2. The quantitative estimate of drug-likeness (QED) is 0.718. The number of hydrogen-bond acceptors (Lipinski definition) is 5. The van der Waals surface area contributed by atoms with Crippen molar-refractivity contribution in [1.82, 2.24) is 20.4 Å². The van der Waals surface area contributed by atoms with Crippen LogP contribution in [0, 0.1) is 5.92 Å². The summed E-state index contributed by atoms with van der Waals surface area (Å²) in [7, 11) is -1.63. The molecule has 0 saturated carbocycles. The molecule has 2 aromatic rings. The Morgan fingerprint density at radius 2 is 2.04 bits per heavy atom. The molecule has 1 aromatic heterocycles. The van der Waals surface area contributed by atoms with E-state index in [1.165, 1.54) is 24.3 Å². The van der Waals surface area contributed by atoms with Crippen molar-refractivity contribution in [3.05, 3.63) is 47.2 Å². The maximum Gasteiger partial charge on any atom is 0.225 e. The summed E-state index contributed by atoms with van der Waals surface area (Å²) in [5.41, 5.74) is 1.01. The van der Waals surface area contributed by atoms with Gasteiger partial charge in [0, 0.05) is 43.8 Å². The summed E-state index contributed by atoms with van der Waals surface area (Å²) >= 11 is 5.78. The predicted molar refractivity (Wildman–Crippen MR) is 106 cm³/mol. The van der Waals surface area contributed by atoms with Gasteiger partial charge in [-0.3, -0.25) is 9.48 Å². The van der Waals surface area contributed by atoms with Crippen LogP contribution in [0.15, 0.2) is 41.6 Å². The lowest BCUT2D eigenvalue weighted by molar-refractivity contribution is -0.124. The number of hydrogen-bond donors (Lipinski definition) is 2. The van der Waals surface area contributed by atoms with Crippen molar-refractivity contribution in [1.29, 1.82) is 0 Å². The predicted octanol–water partition coefficient (Wildman–Crippen LogP) is 1.39. The van der Waals surface area contributed by atoms with E-state index in [-0.39, 0.29) is 47.3 Å². The second-order valence-electron chi connectivity index (χ2n) is 6.38. The molecule has 1 aromatic carbocycles. The monoisotopic (exact) mass is 432 g/mol. The molecule has 2 heterocycles. The lowest BCUT2D eigenvalue weighted by Gasteiger charge is -2.17. The van der Waals surface area contributed by atoms with Crippen molar-refractivity contribution in [3.63, 3.8) is 0 Å². The van der Waals surface area contributed by atoms with Gasteiger partial charge in [0.15, 0.2) is 9.84 Å². The molecule has 1 amide bonds. The summed E-state index contributed by atoms with van der Waals surface area (Å²) in [5.74, 6) is -0.498. The van der Waals surface area contributed by atoms with Crippen LogP contribution in [-0.2, 0) is 21.7 Å². The highest BCUT2D eigenvalue weighted by Gasteiger charge is 2.34. The second-order valence-corrected chi connectivity index (χ2v) is 8.93. The van der Waals surface area contributed by atoms with Crippen LogP contribution in [0.1, 0.15) is 11.5 Å². The number of nitrogens with one attached hydrogen (secondary N) is 2. The number of nitrogens with zero attached hydrogens (tertiary/aromatic N) is 2. The molecule has 7 nitrogen and oxygen atoms in total. The minimum atomic E-state index is -3.46. The fourth-order valence-corrected chi connectivity index (χ4v) is 4.42. The normalized spacial score (nSPS) is 19.5. The number of sulfone groups is 1. The smallest absolute Gasteiger partial charge is 0.225 e. The van der Waals surface area contributed by atoms with Gasteiger partial charge < -0.3 is 10.6 Å². The molecule has 0 unspecified atom stereocenters. The molecule has 2 atom stereocenters. The van der Waals surface area contributed by atoms with Crippen LogP contribution in [0.2, 0.25) is 5.02 Å².